The first-order valence-corrected chi connectivity index (χ1v) is 7.15. The first-order valence-electron chi connectivity index (χ1n) is 6.77. The van der Waals surface area contributed by atoms with Gasteiger partial charge in [0.2, 0.25) is 0 Å². The van der Waals surface area contributed by atoms with Gasteiger partial charge in [-0.2, -0.15) is 5.26 Å². The van der Waals surface area contributed by atoms with E-state index in [1.54, 1.807) is 12.1 Å². The molecule has 3 rings (SSSR count). The van der Waals surface area contributed by atoms with E-state index >= 15 is 0 Å². The zero-order chi connectivity index (χ0) is 13.9. The first-order chi connectivity index (χ1) is 9.76. The smallest absolute Gasteiger partial charge is 0.0992 e. The molecule has 1 N–H and O–H groups in total. The van der Waals surface area contributed by atoms with Gasteiger partial charge >= 0.3 is 0 Å². The highest BCUT2D eigenvalue weighted by atomic mass is 35.5. The van der Waals surface area contributed by atoms with Crippen LogP contribution in [0.1, 0.15) is 29.9 Å². The normalized spacial score (nSPS) is 20.8. The molecule has 0 heterocycles. The zero-order valence-corrected chi connectivity index (χ0v) is 11.8. The van der Waals surface area contributed by atoms with Gasteiger partial charge in [0.05, 0.1) is 22.3 Å². The quantitative estimate of drug-likeness (QED) is 0.895. The summed E-state index contributed by atoms with van der Waals surface area (Å²) in [7, 11) is 0. The predicted octanol–water partition coefficient (Wildman–Crippen LogP) is 4.57. The molecule has 1 aliphatic rings. The monoisotopic (exact) mass is 282 g/mol. The number of hydrogen-bond donors (Lipinski definition) is 1. The van der Waals surface area contributed by atoms with Crippen LogP contribution in [0.3, 0.4) is 0 Å². The van der Waals surface area contributed by atoms with Gasteiger partial charge in [-0.1, -0.05) is 41.9 Å². The molecular formula is C17H15ClN2. The number of nitrogens with one attached hydrogen (secondary N) is 1. The van der Waals surface area contributed by atoms with Gasteiger partial charge < -0.3 is 5.32 Å². The van der Waals surface area contributed by atoms with Crippen molar-refractivity contribution in [1.29, 1.82) is 5.26 Å². The molecule has 100 valence electrons. The Morgan fingerprint density at radius 1 is 1.10 bits per heavy atom. The summed E-state index contributed by atoms with van der Waals surface area (Å²) in [6.07, 6.45) is 2.25. The van der Waals surface area contributed by atoms with Crippen molar-refractivity contribution in [3.63, 3.8) is 0 Å². The van der Waals surface area contributed by atoms with Gasteiger partial charge in [-0.25, -0.2) is 0 Å². The molecule has 3 heteroatoms. The number of benzene rings is 2. The van der Waals surface area contributed by atoms with Crippen LogP contribution in [0.15, 0.2) is 48.5 Å². The Labute approximate surface area is 124 Å². The minimum Gasteiger partial charge on any atom is -0.381 e. The van der Waals surface area contributed by atoms with Gasteiger partial charge in [-0.15, -0.1) is 0 Å². The molecule has 0 aromatic heterocycles. The van der Waals surface area contributed by atoms with Gasteiger partial charge in [-0.05, 0) is 42.5 Å². The lowest BCUT2D eigenvalue weighted by Crippen LogP contribution is -2.34. The summed E-state index contributed by atoms with van der Waals surface area (Å²) in [5.74, 6) is 0.644. The van der Waals surface area contributed by atoms with E-state index in [4.69, 9.17) is 16.9 Å². The fraction of sp³-hybridized carbons (Fsp3) is 0.235. The highest BCUT2D eigenvalue weighted by Gasteiger charge is 2.30. The van der Waals surface area contributed by atoms with E-state index in [9.17, 15) is 0 Å². The largest absolute Gasteiger partial charge is 0.381 e. The summed E-state index contributed by atoms with van der Waals surface area (Å²) in [5, 5.41) is 12.9. The van der Waals surface area contributed by atoms with Crippen molar-refractivity contribution in [1.82, 2.24) is 0 Å². The predicted molar refractivity (Wildman–Crippen MR) is 82.0 cm³/mol. The van der Waals surface area contributed by atoms with Gasteiger partial charge in [0.15, 0.2) is 0 Å². The highest BCUT2D eigenvalue weighted by Crippen LogP contribution is 2.39. The van der Waals surface area contributed by atoms with Crippen molar-refractivity contribution >= 4 is 17.3 Å². The number of hydrogen-bond acceptors (Lipinski definition) is 2. The van der Waals surface area contributed by atoms with Crippen molar-refractivity contribution in [2.24, 2.45) is 0 Å². The molecular weight excluding hydrogens is 268 g/mol. The molecule has 0 bridgehead atoms. The summed E-state index contributed by atoms with van der Waals surface area (Å²) in [4.78, 5) is 0. The van der Waals surface area contributed by atoms with Crippen molar-refractivity contribution in [2.45, 2.75) is 24.8 Å². The maximum atomic E-state index is 8.82. The molecule has 20 heavy (non-hydrogen) atoms. The fourth-order valence-corrected chi connectivity index (χ4v) is 2.89. The minimum atomic E-state index is 0.464. The van der Waals surface area contributed by atoms with Crippen molar-refractivity contribution in [3.05, 3.63) is 64.7 Å². The summed E-state index contributed by atoms with van der Waals surface area (Å²) in [5.41, 5.74) is 2.93. The third-order valence-corrected chi connectivity index (χ3v) is 4.18. The van der Waals surface area contributed by atoms with Crippen LogP contribution in [0.4, 0.5) is 5.69 Å². The van der Waals surface area contributed by atoms with Crippen LogP contribution in [-0.4, -0.2) is 6.04 Å². The SMILES string of the molecule is N#Cc1ccc(NC2CC(c3ccccc3)C2)c(Cl)c1. The highest BCUT2D eigenvalue weighted by molar-refractivity contribution is 6.33. The summed E-state index contributed by atoms with van der Waals surface area (Å²) in [6, 6.07) is 18.6. The second kappa shape index (κ2) is 5.56. The van der Waals surface area contributed by atoms with Crippen LogP contribution >= 0.6 is 11.6 Å². The Morgan fingerprint density at radius 3 is 2.50 bits per heavy atom. The lowest BCUT2D eigenvalue weighted by Gasteiger charge is -2.37. The molecule has 0 radical (unpaired) electrons. The molecule has 0 unspecified atom stereocenters. The molecule has 0 amide bonds. The topological polar surface area (TPSA) is 35.8 Å². The van der Waals surface area contributed by atoms with E-state index in [2.05, 4.69) is 41.7 Å². The molecule has 1 aliphatic carbocycles. The Kier molecular flexibility index (Phi) is 3.62. The van der Waals surface area contributed by atoms with E-state index in [0.29, 0.717) is 22.5 Å². The van der Waals surface area contributed by atoms with Crippen molar-refractivity contribution in [3.8, 4) is 6.07 Å². The Hall–Kier alpha value is -1.98. The standard InChI is InChI=1S/C17H15ClN2/c18-16-8-12(11-19)6-7-17(16)20-15-9-14(10-15)13-4-2-1-3-5-13/h1-8,14-15,20H,9-10H2. The fourth-order valence-electron chi connectivity index (χ4n) is 2.65. The van der Waals surface area contributed by atoms with Gasteiger partial charge in [0.25, 0.3) is 0 Å². The minimum absolute atomic E-state index is 0.464. The molecule has 0 spiro atoms. The Bertz CT molecular complexity index is 640. The van der Waals surface area contributed by atoms with Gasteiger partial charge in [0.1, 0.15) is 0 Å². The molecule has 0 aliphatic heterocycles. The van der Waals surface area contributed by atoms with Crippen LogP contribution in [0, 0.1) is 11.3 Å². The van der Waals surface area contributed by atoms with Crippen LogP contribution in [0.2, 0.25) is 5.02 Å². The van der Waals surface area contributed by atoms with Gasteiger partial charge in [-0.3, -0.25) is 0 Å². The average molecular weight is 283 g/mol. The Balaban J connectivity index is 1.61. The van der Waals surface area contributed by atoms with Crippen molar-refractivity contribution in [2.75, 3.05) is 5.32 Å². The molecule has 2 aromatic carbocycles. The molecule has 0 atom stereocenters. The maximum absolute atomic E-state index is 8.82. The van der Waals surface area contributed by atoms with Crippen LogP contribution < -0.4 is 5.32 Å². The third-order valence-electron chi connectivity index (χ3n) is 3.87. The number of nitriles is 1. The molecule has 1 fully saturated rings. The van der Waals surface area contributed by atoms with Crippen LogP contribution in [0.25, 0.3) is 0 Å². The molecule has 1 saturated carbocycles. The lowest BCUT2D eigenvalue weighted by atomic mass is 9.76. The number of anilines is 1. The zero-order valence-electron chi connectivity index (χ0n) is 11.0. The number of nitrogens with zero attached hydrogens (tertiary/aromatic N) is 1. The molecule has 2 aromatic rings. The van der Waals surface area contributed by atoms with E-state index < -0.39 is 0 Å². The lowest BCUT2D eigenvalue weighted by molar-refractivity contribution is 0.374. The summed E-state index contributed by atoms with van der Waals surface area (Å²) in [6.45, 7) is 0. The van der Waals surface area contributed by atoms with E-state index in [1.165, 1.54) is 5.56 Å². The Morgan fingerprint density at radius 2 is 1.85 bits per heavy atom. The molecule has 2 nitrogen and oxygen atoms in total. The first kappa shape index (κ1) is 13.0. The second-order valence-corrected chi connectivity index (χ2v) is 5.63. The van der Waals surface area contributed by atoms with Gasteiger partial charge in [0, 0.05) is 6.04 Å². The summed E-state index contributed by atoms with van der Waals surface area (Å²) >= 11 is 6.17. The van der Waals surface area contributed by atoms with E-state index in [-0.39, 0.29) is 0 Å². The molecule has 0 saturated heterocycles. The number of rotatable bonds is 3. The van der Waals surface area contributed by atoms with Crippen LogP contribution in [-0.2, 0) is 0 Å². The van der Waals surface area contributed by atoms with Crippen molar-refractivity contribution < 1.29 is 0 Å². The van der Waals surface area contributed by atoms with E-state index in [1.807, 2.05) is 6.07 Å². The average Bonchev–Trinajstić information content (AvgIpc) is 2.44. The summed E-state index contributed by atoms with van der Waals surface area (Å²) < 4.78 is 0. The van der Waals surface area contributed by atoms with Crippen LogP contribution in [0.5, 0.6) is 0 Å². The third kappa shape index (κ3) is 2.64. The number of halogens is 1. The van der Waals surface area contributed by atoms with E-state index in [0.717, 1.165) is 18.5 Å². The second-order valence-electron chi connectivity index (χ2n) is 5.23. The maximum Gasteiger partial charge on any atom is 0.0992 e.